The fourth-order valence-electron chi connectivity index (χ4n) is 3.57. The van der Waals surface area contributed by atoms with Gasteiger partial charge in [-0.1, -0.05) is 30.2 Å². The SMILES string of the molecule is C#CCN(CC)C(=O)C1C2CCc3ccccc3C21. The average Bonchev–Trinajstić information content (AvgIpc) is 3.19. The molecule has 19 heavy (non-hydrogen) atoms. The molecule has 0 aromatic heterocycles. The molecule has 1 aromatic rings. The molecule has 1 aromatic carbocycles. The molecule has 0 spiro atoms. The lowest BCUT2D eigenvalue weighted by atomic mass is 9.92. The van der Waals surface area contributed by atoms with E-state index in [2.05, 4.69) is 30.2 Å². The lowest BCUT2D eigenvalue weighted by molar-refractivity contribution is -0.132. The van der Waals surface area contributed by atoms with Gasteiger partial charge in [0.1, 0.15) is 0 Å². The van der Waals surface area contributed by atoms with Crippen molar-refractivity contribution in [1.29, 1.82) is 0 Å². The van der Waals surface area contributed by atoms with Gasteiger partial charge in [0, 0.05) is 12.5 Å². The van der Waals surface area contributed by atoms with E-state index in [0.29, 0.717) is 24.9 Å². The van der Waals surface area contributed by atoms with Crippen molar-refractivity contribution >= 4 is 5.91 Å². The molecule has 3 atom stereocenters. The first-order chi connectivity index (χ1) is 9.27. The Morgan fingerprint density at radius 1 is 1.47 bits per heavy atom. The zero-order valence-corrected chi connectivity index (χ0v) is 11.3. The van der Waals surface area contributed by atoms with Crippen LogP contribution in [-0.2, 0) is 11.2 Å². The molecular formula is C17H19NO. The Morgan fingerprint density at radius 2 is 2.26 bits per heavy atom. The van der Waals surface area contributed by atoms with Crippen molar-refractivity contribution in [2.75, 3.05) is 13.1 Å². The highest BCUT2D eigenvalue weighted by Crippen LogP contribution is 2.60. The van der Waals surface area contributed by atoms with Crippen molar-refractivity contribution in [1.82, 2.24) is 4.90 Å². The molecule has 1 amide bonds. The zero-order valence-electron chi connectivity index (χ0n) is 11.3. The highest BCUT2D eigenvalue weighted by Gasteiger charge is 2.57. The van der Waals surface area contributed by atoms with Crippen molar-refractivity contribution in [3.8, 4) is 12.3 Å². The fourth-order valence-corrected chi connectivity index (χ4v) is 3.57. The third-order valence-corrected chi connectivity index (χ3v) is 4.59. The van der Waals surface area contributed by atoms with Gasteiger partial charge in [-0.05, 0) is 42.7 Å². The molecule has 2 aliphatic rings. The number of hydrogen-bond donors (Lipinski definition) is 0. The van der Waals surface area contributed by atoms with E-state index in [1.807, 2.05) is 11.8 Å². The molecule has 2 nitrogen and oxygen atoms in total. The number of carbonyl (C=O) groups is 1. The Balaban J connectivity index is 1.81. The number of benzene rings is 1. The van der Waals surface area contributed by atoms with Crippen molar-refractivity contribution in [3.05, 3.63) is 35.4 Å². The topological polar surface area (TPSA) is 20.3 Å². The molecule has 1 fully saturated rings. The summed E-state index contributed by atoms with van der Waals surface area (Å²) in [5.41, 5.74) is 2.83. The third-order valence-electron chi connectivity index (χ3n) is 4.59. The number of aryl methyl sites for hydroxylation is 1. The highest BCUT2D eigenvalue weighted by molar-refractivity contribution is 5.84. The van der Waals surface area contributed by atoms with E-state index < -0.39 is 0 Å². The zero-order chi connectivity index (χ0) is 13.4. The van der Waals surface area contributed by atoms with Gasteiger partial charge in [0.05, 0.1) is 6.54 Å². The van der Waals surface area contributed by atoms with Gasteiger partial charge in [-0.15, -0.1) is 6.42 Å². The van der Waals surface area contributed by atoms with Crippen LogP contribution in [0.15, 0.2) is 24.3 Å². The molecule has 0 saturated heterocycles. The number of terminal acetylenes is 1. The van der Waals surface area contributed by atoms with Crippen molar-refractivity contribution in [2.24, 2.45) is 11.8 Å². The number of hydrogen-bond acceptors (Lipinski definition) is 1. The van der Waals surface area contributed by atoms with Crippen LogP contribution in [0.2, 0.25) is 0 Å². The summed E-state index contributed by atoms with van der Waals surface area (Å²) >= 11 is 0. The number of nitrogens with zero attached hydrogens (tertiary/aromatic N) is 1. The summed E-state index contributed by atoms with van der Waals surface area (Å²) in [6.07, 6.45) is 7.60. The van der Waals surface area contributed by atoms with Gasteiger partial charge in [0.2, 0.25) is 5.91 Å². The minimum atomic E-state index is 0.178. The average molecular weight is 253 g/mol. The summed E-state index contributed by atoms with van der Waals surface area (Å²) < 4.78 is 0. The Hall–Kier alpha value is -1.75. The number of amides is 1. The molecule has 3 unspecified atom stereocenters. The van der Waals surface area contributed by atoms with Crippen LogP contribution in [0.4, 0.5) is 0 Å². The van der Waals surface area contributed by atoms with Gasteiger partial charge in [-0.25, -0.2) is 0 Å². The second-order valence-electron chi connectivity index (χ2n) is 5.51. The first-order valence-corrected chi connectivity index (χ1v) is 7.08. The first kappa shape index (κ1) is 12.3. The van der Waals surface area contributed by atoms with E-state index in [4.69, 9.17) is 6.42 Å². The molecule has 0 radical (unpaired) electrons. The Morgan fingerprint density at radius 3 is 3.00 bits per heavy atom. The summed E-state index contributed by atoms with van der Waals surface area (Å²) in [6.45, 7) is 3.14. The van der Waals surface area contributed by atoms with Gasteiger partial charge in [-0.2, -0.15) is 0 Å². The van der Waals surface area contributed by atoms with E-state index in [-0.39, 0.29) is 11.8 Å². The number of fused-ring (bicyclic) bond motifs is 3. The van der Waals surface area contributed by atoms with Gasteiger partial charge in [-0.3, -0.25) is 4.79 Å². The second kappa shape index (κ2) is 4.74. The minimum absolute atomic E-state index is 0.178. The quantitative estimate of drug-likeness (QED) is 0.758. The molecule has 1 saturated carbocycles. The fraction of sp³-hybridized carbons (Fsp3) is 0.471. The van der Waals surface area contributed by atoms with Crippen molar-refractivity contribution in [2.45, 2.75) is 25.7 Å². The second-order valence-corrected chi connectivity index (χ2v) is 5.51. The van der Waals surface area contributed by atoms with E-state index >= 15 is 0 Å². The molecule has 0 aliphatic heterocycles. The van der Waals surface area contributed by atoms with Crippen LogP contribution in [0.3, 0.4) is 0 Å². The highest BCUT2D eigenvalue weighted by atomic mass is 16.2. The Kier molecular flexibility index (Phi) is 3.06. The molecule has 98 valence electrons. The summed E-state index contributed by atoms with van der Waals surface area (Å²) in [5, 5.41) is 0. The minimum Gasteiger partial charge on any atom is -0.332 e. The van der Waals surface area contributed by atoms with Crippen LogP contribution in [0.1, 0.15) is 30.4 Å². The maximum atomic E-state index is 12.5. The summed E-state index contributed by atoms with van der Waals surface area (Å²) in [4.78, 5) is 14.3. The molecule has 3 rings (SSSR count). The summed E-state index contributed by atoms with van der Waals surface area (Å²) in [6, 6.07) is 8.57. The largest absolute Gasteiger partial charge is 0.332 e. The van der Waals surface area contributed by atoms with Crippen LogP contribution in [0.5, 0.6) is 0 Å². The van der Waals surface area contributed by atoms with Crippen LogP contribution < -0.4 is 0 Å². The van der Waals surface area contributed by atoms with Crippen LogP contribution in [0, 0.1) is 24.2 Å². The van der Waals surface area contributed by atoms with Crippen LogP contribution in [-0.4, -0.2) is 23.9 Å². The predicted octanol–water partition coefficient (Wildman–Crippen LogP) is 2.44. The summed E-state index contributed by atoms with van der Waals surface area (Å²) in [5.74, 6) is 4.02. The van der Waals surface area contributed by atoms with Crippen LogP contribution >= 0.6 is 0 Å². The number of rotatable bonds is 3. The molecule has 0 N–H and O–H groups in total. The lowest BCUT2D eigenvalue weighted by Crippen LogP contribution is -2.33. The van der Waals surface area contributed by atoms with Crippen LogP contribution in [0.25, 0.3) is 0 Å². The molecule has 2 heteroatoms. The smallest absolute Gasteiger partial charge is 0.227 e. The van der Waals surface area contributed by atoms with E-state index in [0.717, 1.165) is 12.8 Å². The first-order valence-electron chi connectivity index (χ1n) is 7.08. The Labute approximate surface area is 114 Å². The van der Waals surface area contributed by atoms with E-state index in [1.165, 1.54) is 11.1 Å². The van der Waals surface area contributed by atoms with Crippen molar-refractivity contribution < 1.29 is 4.79 Å². The van der Waals surface area contributed by atoms with Gasteiger partial charge in [0.25, 0.3) is 0 Å². The maximum absolute atomic E-state index is 12.5. The molecular weight excluding hydrogens is 234 g/mol. The molecule has 0 bridgehead atoms. The molecule has 0 heterocycles. The van der Waals surface area contributed by atoms with Crippen molar-refractivity contribution in [3.63, 3.8) is 0 Å². The van der Waals surface area contributed by atoms with Gasteiger partial charge in [0.15, 0.2) is 0 Å². The van der Waals surface area contributed by atoms with Gasteiger partial charge < -0.3 is 4.90 Å². The van der Waals surface area contributed by atoms with Gasteiger partial charge >= 0.3 is 0 Å². The normalized spacial score (nSPS) is 26.8. The monoisotopic (exact) mass is 253 g/mol. The third kappa shape index (κ3) is 1.94. The van der Waals surface area contributed by atoms with E-state index in [1.54, 1.807) is 0 Å². The standard InChI is InChI=1S/C17H19NO/c1-3-11-18(4-2)17(19)16-14-10-9-12-7-5-6-8-13(12)15(14)16/h1,5-8,14-16H,4,9-11H2,2H3. The Bertz CT molecular complexity index is 542. The lowest BCUT2D eigenvalue weighted by Gasteiger charge is -2.18. The predicted molar refractivity (Wildman–Crippen MR) is 75.6 cm³/mol. The summed E-state index contributed by atoms with van der Waals surface area (Å²) in [7, 11) is 0. The van der Waals surface area contributed by atoms with E-state index in [9.17, 15) is 4.79 Å². The maximum Gasteiger partial charge on any atom is 0.227 e. The molecule has 2 aliphatic carbocycles. The number of carbonyl (C=O) groups excluding carboxylic acids is 1.